The van der Waals surface area contributed by atoms with Crippen molar-refractivity contribution < 1.29 is 5.11 Å². The Kier molecular flexibility index (Phi) is 16.3. The van der Waals surface area contributed by atoms with Gasteiger partial charge in [0.25, 0.3) is 0 Å². The van der Waals surface area contributed by atoms with E-state index in [1.165, 1.54) is 89.9 Å². The second-order valence-corrected chi connectivity index (χ2v) is 7.17. The van der Waals surface area contributed by atoms with Gasteiger partial charge in [-0.3, -0.25) is 0 Å². The molecular formula is C20H42O. The first-order valence-electron chi connectivity index (χ1n) is 9.83. The Bertz CT molecular complexity index is 190. The molecule has 0 rings (SSSR count). The summed E-state index contributed by atoms with van der Waals surface area (Å²) in [6.45, 7) is 7.07. The smallest absolute Gasteiger partial charge is 0.0459 e. The highest BCUT2D eigenvalue weighted by Gasteiger charge is 2.09. The number of hydrogen-bond acceptors (Lipinski definition) is 1. The van der Waals surface area contributed by atoms with Gasteiger partial charge < -0.3 is 5.11 Å². The molecule has 0 radical (unpaired) electrons. The number of aliphatic hydroxyl groups is 1. The Morgan fingerprint density at radius 1 is 0.571 bits per heavy atom. The molecule has 0 aromatic heterocycles. The van der Waals surface area contributed by atoms with Crippen LogP contribution in [0.25, 0.3) is 0 Å². The van der Waals surface area contributed by atoms with Crippen molar-refractivity contribution in [3.63, 3.8) is 0 Å². The molecule has 0 spiro atoms. The predicted molar refractivity (Wildman–Crippen MR) is 95.7 cm³/mol. The fourth-order valence-electron chi connectivity index (χ4n) is 2.95. The molecule has 21 heavy (non-hydrogen) atoms. The maximum Gasteiger partial charge on any atom is 0.0459 e. The Morgan fingerprint density at radius 3 is 1.33 bits per heavy atom. The molecule has 0 aliphatic carbocycles. The lowest BCUT2D eigenvalue weighted by molar-refractivity contribution is 0.188. The zero-order valence-electron chi connectivity index (χ0n) is 15.2. The zero-order valence-corrected chi connectivity index (χ0v) is 15.2. The molecule has 1 nitrogen and oxygen atoms in total. The molecule has 0 aromatic carbocycles. The molecule has 2 atom stereocenters. The third-order valence-corrected chi connectivity index (χ3v) is 5.02. The third-order valence-electron chi connectivity index (χ3n) is 5.02. The third kappa shape index (κ3) is 14.7. The van der Waals surface area contributed by atoms with E-state index in [2.05, 4.69) is 20.8 Å². The zero-order chi connectivity index (χ0) is 15.8. The summed E-state index contributed by atoms with van der Waals surface area (Å²) in [5, 5.41) is 9.11. The van der Waals surface area contributed by atoms with Crippen LogP contribution in [0.4, 0.5) is 0 Å². The normalized spacial score (nSPS) is 14.3. The van der Waals surface area contributed by atoms with E-state index in [1.54, 1.807) is 0 Å². The van der Waals surface area contributed by atoms with Crippen LogP contribution in [0.2, 0.25) is 0 Å². The molecule has 0 aliphatic heterocycles. The fourth-order valence-corrected chi connectivity index (χ4v) is 2.95. The average Bonchev–Trinajstić information content (AvgIpc) is 2.50. The van der Waals surface area contributed by atoms with Crippen LogP contribution >= 0.6 is 0 Å². The van der Waals surface area contributed by atoms with Crippen LogP contribution in [0.15, 0.2) is 0 Å². The van der Waals surface area contributed by atoms with Gasteiger partial charge in [0.15, 0.2) is 0 Å². The van der Waals surface area contributed by atoms with Gasteiger partial charge in [-0.1, -0.05) is 111 Å². The minimum Gasteiger partial charge on any atom is -0.396 e. The molecule has 1 N–H and O–H groups in total. The summed E-state index contributed by atoms with van der Waals surface area (Å²) in [5.41, 5.74) is 0. The molecule has 0 aliphatic rings. The number of unbranched alkanes of at least 4 members (excludes halogenated alkanes) is 12. The average molecular weight is 299 g/mol. The largest absolute Gasteiger partial charge is 0.396 e. The van der Waals surface area contributed by atoms with Crippen LogP contribution in [0, 0.1) is 11.8 Å². The molecule has 0 aromatic rings. The highest BCUT2D eigenvalue weighted by Crippen LogP contribution is 2.19. The maximum absolute atomic E-state index is 9.11. The minimum absolute atomic E-state index is 0.347. The summed E-state index contributed by atoms with van der Waals surface area (Å²) in [6.07, 6.45) is 19.8. The van der Waals surface area contributed by atoms with E-state index in [1.807, 2.05) is 0 Å². The van der Waals surface area contributed by atoms with E-state index in [9.17, 15) is 0 Å². The lowest BCUT2D eigenvalue weighted by Crippen LogP contribution is -2.11. The van der Waals surface area contributed by atoms with Crippen LogP contribution in [-0.2, 0) is 0 Å². The van der Waals surface area contributed by atoms with Gasteiger partial charge in [0, 0.05) is 6.61 Å². The molecule has 128 valence electrons. The van der Waals surface area contributed by atoms with E-state index in [4.69, 9.17) is 5.11 Å². The van der Waals surface area contributed by atoms with Crippen molar-refractivity contribution >= 4 is 0 Å². The summed E-state index contributed by atoms with van der Waals surface area (Å²) in [7, 11) is 0. The van der Waals surface area contributed by atoms with Crippen LogP contribution < -0.4 is 0 Å². The van der Waals surface area contributed by atoms with Gasteiger partial charge in [-0.15, -0.1) is 0 Å². The molecule has 0 amide bonds. The van der Waals surface area contributed by atoms with E-state index in [0.717, 1.165) is 0 Å². The highest BCUT2D eigenvalue weighted by atomic mass is 16.3. The fraction of sp³-hybridized carbons (Fsp3) is 1.00. The van der Waals surface area contributed by atoms with Crippen molar-refractivity contribution in [2.45, 2.75) is 111 Å². The second kappa shape index (κ2) is 16.3. The van der Waals surface area contributed by atoms with Crippen LogP contribution in [0.3, 0.4) is 0 Å². The molecule has 0 bridgehead atoms. The van der Waals surface area contributed by atoms with Gasteiger partial charge in [0.1, 0.15) is 0 Å². The van der Waals surface area contributed by atoms with Crippen molar-refractivity contribution in [3.05, 3.63) is 0 Å². The SMILES string of the molecule is CCCCCCCCCCCCCCC[C@H](C)C(C)CO. The second-order valence-electron chi connectivity index (χ2n) is 7.17. The predicted octanol–water partition coefficient (Wildman–Crippen LogP) is 6.73. The first-order chi connectivity index (χ1) is 10.2. The molecule has 0 fully saturated rings. The highest BCUT2D eigenvalue weighted by molar-refractivity contribution is 4.60. The topological polar surface area (TPSA) is 20.2 Å². The van der Waals surface area contributed by atoms with Gasteiger partial charge in [-0.25, -0.2) is 0 Å². The molecule has 0 saturated heterocycles. The van der Waals surface area contributed by atoms with Gasteiger partial charge in [0.2, 0.25) is 0 Å². The monoisotopic (exact) mass is 298 g/mol. The molecular weight excluding hydrogens is 256 g/mol. The van der Waals surface area contributed by atoms with E-state index >= 15 is 0 Å². The number of aliphatic hydroxyl groups excluding tert-OH is 1. The van der Waals surface area contributed by atoms with Gasteiger partial charge >= 0.3 is 0 Å². The molecule has 1 unspecified atom stereocenters. The van der Waals surface area contributed by atoms with Crippen molar-refractivity contribution in [1.29, 1.82) is 0 Å². The molecule has 0 heterocycles. The molecule has 1 heteroatoms. The first kappa shape index (κ1) is 21.0. The summed E-state index contributed by atoms with van der Waals surface area (Å²) in [6, 6.07) is 0. The van der Waals surface area contributed by atoms with Crippen molar-refractivity contribution in [2.75, 3.05) is 6.61 Å². The van der Waals surface area contributed by atoms with E-state index in [-0.39, 0.29) is 0 Å². The van der Waals surface area contributed by atoms with E-state index < -0.39 is 0 Å². The lowest BCUT2D eigenvalue weighted by atomic mass is 9.91. The number of hydrogen-bond donors (Lipinski definition) is 1. The Morgan fingerprint density at radius 2 is 0.952 bits per heavy atom. The van der Waals surface area contributed by atoms with Crippen LogP contribution in [0.1, 0.15) is 111 Å². The number of rotatable bonds is 16. The van der Waals surface area contributed by atoms with Gasteiger partial charge in [-0.05, 0) is 11.8 Å². The Labute approximate surface area is 134 Å². The van der Waals surface area contributed by atoms with Crippen molar-refractivity contribution in [2.24, 2.45) is 11.8 Å². The van der Waals surface area contributed by atoms with Crippen LogP contribution in [0.5, 0.6) is 0 Å². The Hall–Kier alpha value is -0.0400. The first-order valence-corrected chi connectivity index (χ1v) is 9.83. The summed E-state index contributed by atoms with van der Waals surface area (Å²) < 4.78 is 0. The van der Waals surface area contributed by atoms with Gasteiger partial charge in [-0.2, -0.15) is 0 Å². The van der Waals surface area contributed by atoms with Gasteiger partial charge in [0.05, 0.1) is 0 Å². The van der Waals surface area contributed by atoms with Crippen molar-refractivity contribution in [3.8, 4) is 0 Å². The summed E-state index contributed by atoms with van der Waals surface area (Å²) in [5.74, 6) is 1.16. The minimum atomic E-state index is 0.347. The summed E-state index contributed by atoms with van der Waals surface area (Å²) >= 11 is 0. The Balaban J connectivity index is 3.09. The quantitative estimate of drug-likeness (QED) is 0.313. The van der Waals surface area contributed by atoms with Crippen LogP contribution in [-0.4, -0.2) is 11.7 Å². The lowest BCUT2D eigenvalue weighted by Gasteiger charge is -2.17. The maximum atomic E-state index is 9.11. The molecule has 0 saturated carbocycles. The standard InChI is InChI=1S/C20H42O/c1-4-5-6-7-8-9-10-11-12-13-14-15-16-17-19(2)20(3)18-21/h19-21H,4-18H2,1-3H3/t19-,20?/m0/s1. The summed E-state index contributed by atoms with van der Waals surface area (Å²) in [4.78, 5) is 0. The van der Waals surface area contributed by atoms with E-state index in [0.29, 0.717) is 18.4 Å². The van der Waals surface area contributed by atoms with Crippen molar-refractivity contribution in [1.82, 2.24) is 0 Å².